The Hall–Kier alpha value is -2.50. The number of rotatable bonds is 4. The van der Waals surface area contributed by atoms with Gasteiger partial charge in [-0.1, -0.05) is 41.9 Å². The summed E-state index contributed by atoms with van der Waals surface area (Å²) in [5.74, 6) is -0.220. The number of fused-ring (bicyclic) bond motifs is 1. The molecule has 3 aromatic rings. The summed E-state index contributed by atoms with van der Waals surface area (Å²) in [6.45, 7) is 2.89. The predicted molar refractivity (Wildman–Crippen MR) is 111 cm³/mol. The number of hydrogen-bond acceptors (Lipinski definition) is 3. The molecule has 1 fully saturated rings. The predicted octanol–water partition coefficient (Wildman–Crippen LogP) is 5.40. The first kappa shape index (κ1) is 17.9. The van der Waals surface area contributed by atoms with Gasteiger partial charge in [0.15, 0.2) is 0 Å². The van der Waals surface area contributed by atoms with Crippen molar-refractivity contribution in [3.63, 3.8) is 0 Å². The van der Waals surface area contributed by atoms with E-state index in [0.29, 0.717) is 23.0 Å². The van der Waals surface area contributed by atoms with Gasteiger partial charge in [-0.15, -0.1) is 0 Å². The van der Waals surface area contributed by atoms with E-state index in [-0.39, 0.29) is 11.1 Å². The van der Waals surface area contributed by atoms with Crippen molar-refractivity contribution in [2.75, 3.05) is 6.54 Å². The first-order valence-corrected chi connectivity index (χ1v) is 9.84. The van der Waals surface area contributed by atoms with Crippen LogP contribution in [0, 0.1) is 0 Å². The molecule has 4 rings (SSSR count). The van der Waals surface area contributed by atoms with E-state index in [1.54, 1.807) is 6.92 Å². The van der Waals surface area contributed by atoms with Gasteiger partial charge in [-0.25, -0.2) is 0 Å². The lowest BCUT2D eigenvalue weighted by molar-refractivity contribution is -0.122. The van der Waals surface area contributed by atoms with Gasteiger partial charge < -0.3 is 4.57 Å². The average molecular weight is 397 g/mol. The molecular formula is C21H17ClN2O2S. The number of halogens is 1. The molecule has 0 N–H and O–H groups in total. The summed E-state index contributed by atoms with van der Waals surface area (Å²) in [7, 11) is 0. The maximum atomic E-state index is 12.4. The fraction of sp³-hybridized carbons (Fsp3) is 0.143. The molecule has 2 aromatic carbocycles. The van der Waals surface area contributed by atoms with Gasteiger partial charge >= 0.3 is 0 Å². The quantitative estimate of drug-likeness (QED) is 0.554. The smallest absolute Gasteiger partial charge is 0.293 e. The van der Waals surface area contributed by atoms with Gasteiger partial charge in [-0.05, 0) is 48.5 Å². The third-order valence-electron chi connectivity index (χ3n) is 4.56. The van der Waals surface area contributed by atoms with Gasteiger partial charge in [0.2, 0.25) is 0 Å². The van der Waals surface area contributed by atoms with Crippen molar-refractivity contribution in [3.8, 4) is 0 Å². The molecule has 0 atom stereocenters. The number of imide groups is 1. The number of para-hydroxylation sites is 1. The summed E-state index contributed by atoms with van der Waals surface area (Å²) in [6, 6.07) is 15.8. The fourth-order valence-electron chi connectivity index (χ4n) is 3.22. The number of carbonyl (C=O) groups is 2. The van der Waals surface area contributed by atoms with Crippen LogP contribution in [0.4, 0.5) is 4.79 Å². The molecule has 0 radical (unpaired) electrons. The highest BCUT2D eigenvalue weighted by Gasteiger charge is 2.33. The van der Waals surface area contributed by atoms with Crippen LogP contribution in [0.25, 0.3) is 17.0 Å². The van der Waals surface area contributed by atoms with Gasteiger partial charge in [0, 0.05) is 40.8 Å². The van der Waals surface area contributed by atoms with Gasteiger partial charge in [-0.2, -0.15) is 0 Å². The van der Waals surface area contributed by atoms with Crippen LogP contribution in [0.5, 0.6) is 0 Å². The van der Waals surface area contributed by atoms with Crippen LogP contribution >= 0.6 is 23.4 Å². The van der Waals surface area contributed by atoms with Crippen LogP contribution in [-0.2, 0) is 11.3 Å². The van der Waals surface area contributed by atoms with E-state index in [0.717, 1.165) is 33.8 Å². The number of hydrogen-bond donors (Lipinski definition) is 0. The molecule has 0 saturated carbocycles. The number of thioether (sulfide) groups is 1. The third-order valence-corrected chi connectivity index (χ3v) is 5.72. The molecule has 0 unspecified atom stereocenters. The summed E-state index contributed by atoms with van der Waals surface area (Å²) < 4.78 is 2.15. The monoisotopic (exact) mass is 396 g/mol. The Kier molecular flexibility index (Phi) is 4.81. The lowest BCUT2D eigenvalue weighted by atomic mass is 10.1. The highest BCUT2D eigenvalue weighted by molar-refractivity contribution is 8.18. The minimum absolute atomic E-state index is 0.210. The zero-order valence-electron chi connectivity index (χ0n) is 14.7. The SMILES string of the molecule is CCN1C(=O)S/C(=C/c2cn(Cc3ccc(Cl)cc3)c3ccccc23)C1=O. The number of carbonyl (C=O) groups excluding carboxylic acids is 2. The van der Waals surface area contributed by atoms with E-state index in [2.05, 4.69) is 10.6 Å². The second kappa shape index (κ2) is 7.25. The second-order valence-corrected chi connectivity index (χ2v) is 7.71. The number of amides is 2. The molecule has 6 heteroatoms. The highest BCUT2D eigenvalue weighted by Crippen LogP contribution is 2.34. The van der Waals surface area contributed by atoms with Gasteiger partial charge in [0.1, 0.15) is 0 Å². The van der Waals surface area contributed by atoms with Crippen LogP contribution in [-0.4, -0.2) is 27.2 Å². The first-order chi connectivity index (χ1) is 13.1. The van der Waals surface area contributed by atoms with Gasteiger partial charge in [0.05, 0.1) is 4.91 Å². The Balaban J connectivity index is 1.74. The minimum Gasteiger partial charge on any atom is -0.342 e. The van der Waals surface area contributed by atoms with Crippen LogP contribution < -0.4 is 0 Å². The molecule has 0 bridgehead atoms. The number of benzene rings is 2. The van der Waals surface area contributed by atoms with Crippen molar-refractivity contribution in [2.24, 2.45) is 0 Å². The van der Waals surface area contributed by atoms with Crippen molar-refractivity contribution < 1.29 is 9.59 Å². The summed E-state index contributed by atoms with van der Waals surface area (Å²) in [6.07, 6.45) is 3.85. The van der Waals surface area contributed by atoms with Crippen molar-refractivity contribution in [3.05, 3.63) is 75.8 Å². The molecule has 1 aliphatic rings. The van der Waals surface area contributed by atoms with Crippen LogP contribution in [0.3, 0.4) is 0 Å². The largest absolute Gasteiger partial charge is 0.342 e. The fourth-order valence-corrected chi connectivity index (χ4v) is 4.24. The summed E-state index contributed by atoms with van der Waals surface area (Å²) >= 11 is 6.98. The molecule has 1 aromatic heterocycles. The lowest BCUT2D eigenvalue weighted by Gasteiger charge is -2.06. The van der Waals surface area contributed by atoms with Crippen molar-refractivity contribution in [1.82, 2.24) is 9.47 Å². The molecule has 0 spiro atoms. The zero-order chi connectivity index (χ0) is 19.0. The minimum atomic E-state index is -0.220. The zero-order valence-corrected chi connectivity index (χ0v) is 16.3. The normalized spacial score (nSPS) is 16.1. The summed E-state index contributed by atoms with van der Waals surface area (Å²) in [4.78, 5) is 26.1. The van der Waals surface area contributed by atoms with E-state index in [4.69, 9.17) is 11.6 Å². The topological polar surface area (TPSA) is 42.3 Å². The van der Waals surface area contributed by atoms with Crippen molar-refractivity contribution in [1.29, 1.82) is 0 Å². The van der Waals surface area contributed by atoms with E-state index < -0.39 is 0 Å². The van der Waals surface area contributed by atoms with Gasteiger partial charge in [0.25, 0.3) is 11.1 Å². The summed E-state index contributed by atoms with van der Waals surface area (Å²) in [5.41, 5.74) is 3.15. The third kappa shape index (κ3) is 3.40. The van der Waals surface area contributed by atoms with Crippen LogP contribution in [0.15, 0.2) is 59.6 Å². The molecule has 2 heterocycles. The Morgan fingerprint density at radius 1 is 1.07 bits per heavy atom. The maximum Gasteiger partial charge on any atom is 0.293 e. The van der Waals surface area contributed by atoms with E-state index in [9.17, 15) is 9.59 Å². The summed E-state index contributed by atoms with van der Waals surface area (Å²) in [5, 5.41) is 1.55. The lowest BCUT2D eigenvalue weighted by Crippen LogP contribution is -2.27. The number of nitrogens with zero attached hydrogens (tertiary/aromatic N) is 2. The van der Waals surface area contributed by atoms with E-state index >= 15 is 0 Å². The number of aromatic nitrogens is 1. The Bertz CT molecular complexity index is 1070. The second-order valence-electron chi connectivity index (χ2n) is 6.28. The van der Waals surface area contributed by atoms with Crippen LogP contribution in [0.1, 0.15) is 18.1 Å². The Labute approximate surface area is 166 Å². The van der Waals surface area contributed by atoms with E-state index in [1.807, 2.05) is 54.7 Å². The maximum absolute atomic E-state index is 12.4. The molecule has 4 nitrogen and oxygen atoms in total. The molecule has 1 saturated heterocycles. The first-order valence-electron chi connectivity index (χ1n) is 8.64. The number of likely N-dealkylation sites (N-methyl/N-ethyl adjacent to an activating group) is 1. The molecule has 136 valence electrons. The molecule has 2 amide bonds. The molecule has 0 aliphatic carbocycles. The molecule has 27 heavy (non-hydrogen) atoms. The van der Waals surface area contributed by atoms with Crippen LogP contribution in [0.2, 0.25) is 5.02 Å². The van der Waals surface area contributed by atoms with E-state index in [1.165, 1.54) is 4.90 Å². The molecular weight excluding hydrogens is 380 g/mol. The Morgan fingerprint density at radius 3 is 2.52 bits per heavy atom. The van der Waals surface area contributed by atoms with Crippen molar-refractivity contribution in [2.45, 2.75) is 13.5 Å². The Morgan fingerprint density at radius 2 is 1.81 bits per heavy atom. The molecule has 1 aliphatic heterocycles. The highest BCUT2D eigenvalue weighted by atomic mass is 35.5. The average Bonchev–Trinajstić information content (AvgIpc) is 3.14. The van der Waals surface area contributed by atoms with Crippen molar-refractivity contribution >= 4 is 51.5 Å². The van der Waals surface area contributed by atoms with Gasteiger partial charge in [-0.3, -0.25) is 14.5 Å². The standard InChI is InChI=1S/C21H17ClN2O2S/c1-2-24-20(25)19(27-21(24)26)11-15-13-23(18-6-4-3-5-17(15)18)12-14-7-9-16(22)10-8-14/h3-11,13H,2,12H2,1H3/b19-11+.